The lowest BCUT2D eigenvalue weighted by molar-refractivity contribution is -0.140. The first-order chi connectivity index (χ1) is 14.1. The van der Waals surface area contributed by atoms with E-state index in [1.165, 1.54) is 38.2 Å². The molecule has 0 amide bonds. The topological polar surface area (TPSA) is 26.3 Å². The highest BCUT2D eigenvalue weighted by molar-refractivity contribution is 5.75. The SMILES string of the molecule is CCCCCCCc1ccc(OC(=O)[C@H]2CC[C@H](CCCCC)CC2)c(F)c1F. The number of rotatable bonds is 12. The lowest BCUT2D eigenvalue weighted by Gasteiger charge is -2.27. The zero-order valence-electron chi connectivity index (χ0n) is 18.3. The van der Waals surface area contributed by atoms with Gasteiger partial charge in [0, 0.05) is 0 Å². The van der Waals surface area contributed by atoms with E-state index in [0.29, 0.717) is 17.9 Å². The molecule has 1 fully saturated rings. The summed E-state index contributed by atoms with van der Waals surface area (Å²) in [6.07, 6.45) is 14.4. The molecule has 0 spiro atoms. The first-order valence-electron chi connectivity index (χ1n) is 11.7. The summed E-state index contributed by atoms with van der Waals surface area (Å²) in [5.74, 6) is -2.09. The molecule has 2 nitrogen and oxygen atoms in total. The molecular weight excluding hydrogens is 370 g/mol. The molecule has 0 atom stereocenters. The number of carbonyl (C=O) groups excluding carboxylic acids is 1. The second-order valence-corrected chi connectivity index (χ2v) is 8.65. The lowest BCUT2D eigenvalue weighted by Crippen LogP contribution is -2.26. The van der Waals surface area contributed by atoms with Gasteiger partial charge in [0.15, 0.2) is 11.6 Å². The van der Waals surface area contributed by atoms with Crippen molar-refractivity contribution in [3.8, 4) is 5.75 Å². The Balaban J connectivity index is 1.82. The molecule has 0 aliphatic heterocycles. The molecule has 0 aromatic heterocycles. The summed E-state index contributed by atoms with van der Waals surface area (Å²) in [5.41, 5.74) is 0.367. The number of halogens is 2. The van der Waals surface area contributed by atoms with Gasteiger partial charge in [-0.3, -0.25) is 4.79 Å². The van der Waals surface area contributed by atoms with Gasteiger partial charge in [-0.25, -0.2) is 4.39 Å². The van der Waals surface area contributed by atoms with Crippen molar-refractivity contribution in [2.24, 2.45) is 11.8 Å². The van der Waals surface area contributed by atoms with Crippen molar-refractivity contribution in [2.45, 2.75) is 104 Å². The molecule has 29 heavy (non-hydrogen) atoms. The van der Waals surface area contributed by atoms with Crippen molar-refractivity contribution in [2.75, 3.05) is 0 Å². The van der Waals surface area contributed by atoms with Crippen LogP contribution in [-0.2, 0) is 11.2 Å². The quantitative estimate of drug-likeness (QED) is 0.201. The van der Waals surface area contributed by atoms with Crippen LogP contribution < -0.4 is 4.74 Å². The molecule has 1 aromatic carbocycles. The molecule has 2 rings (SSSR count). The Morgan fingerprint density at radius 3 is 2.24 bits per heavy atom. The van der Waals surface area contributed by atoms with E-state index in [0.717, 1.165) is 51.4 Å². The molecule has 1 saturated carbocycles. The molecule has 0 N–H and O–H groups in total. The average molecular weight is 409 g/mol. The number of hydrogen-bond donors (Lipinski definition) is 0. The van der Waals surface area contributed by atoms with Gasteiger partial charge >= 0.3 is 5.97 Å². The van der Waals surface area contributed by atoms with Crippen LogP contribution in [-0.4, -0.2) is 5.97 Å². The van der Waals surface area contributed by atoms with Crippen molar-refractivity contribution in [1.29, 1.82) is 0 Å². The van der Waals surface area contributed by atoms with E-state index in [9.17, 15) is 13.6 Å². The van der Waals surface area contributed by atoms with Gasteiger partial charge < -0.3 is 4.74 Å². The fourth-order valence-corrected chi connectivity index (χ4v) is 4.32. The normalized spacial score (nSPS) is 19.3. The van der Waals surface area contributed by atoms with E-state index in [-0.39, 0.29) is 11.7 Å². The molecular formula is C25H38F2O2. The highest BCUT2D eigenvalue weighted by Crippen LogP contribution is 2.33. The maximum absolute atomic E-state index is 14.4. The fraction of sp³-hybridized carbons (Fsp3) is 0.720. The van der Waals surface area contributed by atoms with Crippen LogP contribution >= 0.6 is 0 Å². The molecule has 0 saturated heterocycles. The van der Waals surface area contributed by atoms with E-state index in [4.69, 9.17) is 4.74 Å². The third-order valence-electron chi connectivity index (χ3n) is 6.28. The van der Waals surface area contributed by atoms with Crippen molar-refractivity contribution >= 4 is 5.97 Å². The molecule has 0 unspecified atom stereocenters. The van der Waals surface area contributed by atoms with Crippen LogP contribution in [0.2, 0.25) is 0 Å². The minimum Gasteiger partial charge on any atom is -0.423 e. The van der Waals surface area contributed by atoms with Gasteiger partial charge in [-0.1, -0.05) is 71.3 Å². The second kappa shape index (κ2) is 13.0. The smallest absolute Gasteiger partial charge is 0.314 e. The predicted octanol–water partition coefficient (Wildman–Crippen LogP) is 7.77. The summed E-state index contributed by atoms with van der Waals surface area (Å²) in [5, 5.41) is 0. The zero-order chi connectivity index (χ0) is 21.1. The minimum atomic E-state index is -1.03. The molecule has 164 valence electrons. The van der Waals surface area contributed by atoms with Gasteiger partial charge in [0.1, 0.15) is 0 Å². The number of hydrogen-bond acceptors (Lipinski definition) is 2. The fourth-order valence-electron chi connectivity index (χ4n) is 4.32. The second-order valence-electron chi connectivity index (χ2n) is 8.65. The van der Waals surface area contributed by atoms with Crippen molar-refractivity contribution in [1.82, 2.24) is 0 Å². The Morgan fingerprint density at radius 2 is 1.55 bits per heavy atom. The molecule has 1 aliphatic rings. The summed E-state index contributed by atoms with van der Waals surface area (Å²) in [7, 11) is 0. The van der Waals surface area contributed by atoms with E-state index < -0.39 is 17.6 Å². The summed E-state index contributed by atoms with van der Waals surface area (Å²) in [6.45, 7) is 4.35. The van der Waals surface area contributed by atoms with Crippen LogP contribution in [0.1, 0.15) is 103 Å². The lowest BCUT2D eigenvalue weighted by atomic mass is 9.80. The van der Waals surface area contributed by atoms with Gasteiger partial charge in [-0.15, -0.1) is 0 Å². The number of carbonyl (C=O) groups is 1. The van der Waals surface area contributed by atoms with E-state index in [1.807, 2.05) is 0 Å². The van der Waals surface area contributed by atoms with Gasteiger partial charge in [-0.05, 0) is 56.1 Å². The van der Waals surface area contributed by atoms with Crippen molar-refractivity contribution < 1.29 is 18.3 Å². The van der Waals surface area contributed by atoms with Gasteiger partial charge in [0.2, 0.25) is 5.82 Å². The molecule has 1 aliphatic carbocycles. The highest BCUT2D eigenvalue weighted by atomic mass is 19.2. The van der Waals surface area contributed by atoms with Crippen LogP contribution in [0.3, 0.4) is 0 Å². The number of ether oxygens (including phenoxy) is 1. The number of esters is 1. The number of aryl methyl sites for hydroxylation is 1. The third-order valence-corrected chi connectivity index (χ3v) is 6.28. The van der Waals surface area contributed by atoms with E-state index in [1.54, 1.807) is 6.07 Å². The van der Waals surface area contributed by atoms with Crippen molar-refractivity contribution in [3.05, 3.63) is 29.3 Å². The zero-order valence-corrected chi connectivity index (χ0v) is 18.3. The summed E-state index contributed by atoms with van der Waals surface area (Å²) < 4.78 is 34.0. The Hall–Kier alpha value is -1.45. The Labute approximate surface area is 175 Å². The largest absolute Gasteiger partial charge is 0.423 e. The number of unbranched alkanes of at least 4 members (excludes halogenated alkanes) is 6. The molecule has 0 bridgehead atoms. The van der Waals surface area contributed by atoms with Crippen LogP contribution in [0.25, 0.3) is 0 Å². The van der Waals surface area contributed by atoms with Gasteiger partial charge in [-0.2, -0.15) is 4.39 Å². The Bertz CT molecular complexity index is 621. The van der Waals surface area contributed by atoms with E-state index >= 15 is 0 Å². The van der Waals surface area contributed by atoms with Crippen molar-refractivity contribution in [3.63, 3.8) is 0 Å². The summed E-state index contributed by atoms with van der Waals surface area (Å²) >= 11 is 0. The summed E-state index contributed by atoms with van der Waals surface area (Å²) in [4.78, 5) is 12.4. The minimum absolute atomic E-state index is 0.196. The number of benzene rings is 1. The molecule has 1 aromatic rings. The van der Waals surface area contributed by atoms with E-state index in [2.05, 4.69) is 13.8 Å². The first-order valence-corrected chi connectivity index (χ1v) is 11.7. The monoisotopic (exact) mass is 408 g/mol. The van der Waals surface area contributed by atoms with Crippen LogP contribution in [0, 0.1) is 23.5 Å². The van der Waals surface area contributed by atoms with Gasteiger partial charge in [0.25, 0.3) is 0 Å². The van der Waals surface area contributed by atoms with Crippen LogP contribution in [0.15, 0.2) is 12.1 Å². The molecule has 4 heteroatoms. The van der Waals surface area contributed by atoms with Gasteiger partial charge in [0.05, 0.1) is 5.92 Å². The third kappa shape index (κ3) is 7.71. The Morgan fingerprint density at radius 1 is 0.897 bits per heavy atom. The van der Waals surface area contributed by atoms with Crippen LogP contribution in [0.4, 0.5) is 8.78 Å². The highest BCUT2D eigenvalue weighted by Gasteiger charge is 2.28. The van der Waals surface area contributed by atoms with Crippen LogP contribution in [0.5, 0.6) is 5.75 Å². The maximum Gasteiger partial charge on any atom is 0.314 e. The first kappa shape index (κ1) is 23.8. The molecule has 0 radical (unpaired) electrons. The standard InChI is InChI=1S/C25H38F2O2/c1-3-5-7-8-10-12-20-17-18-22(24(27)23(20)26)29-25(28)21-15-13-19(14-16-21)11-9-6-4-2/h17-19,21H,3-16H2,1-2H3/t19-,21-. The average Bonchev–Trinajstić information content (AvgIpc) is 2.73. The maximum atomic E-state index is 14.4. The predicted molar refractivity (Wildman–Crippen MR) is 114 cm³/mol. The molecule has 0 heterocycles. The summed E-state index contributed by atoms with van der Waals surface area (Å²) in [6, 6.07) is 2.97. The Kier molecular flexibility index (Phi) is 10.7.